The van der Waals surface area contributed by atoms with Gasteiger partial charge in [-0.25, -0.2) is 9.59 Å². The molecule has 60 heavy (non-hydrogen) atoms. The van der Waals surface area contributed by atoms with Crippen molar-refractivity contribution in [3.8, 4) is 0 Å². The molecule has 348 valence electrons. The van der Waals surface area contributed by atoms with Crippen molar-refractivity contribution >= 4 is 33.8 Å². The smallest absolute Gasteiger partial charge is 0.408 e. The van der Waals surface area contributed by atoms with E-state index in [4.69, 9.17) is 9.84 Å². The van der Waals surface area contributed by atoms with Crippen molar-refractivity contribution in [2.45, 2.75) is 227 Å². The number of carboxylic acid groups (broad SMARTS) is 1. The SMILES string of the molecule is CC(C)CCC[C@@H](C)[C@H]1CC[C@H]2[C@@H]3CC=C4C[C@@H](SSCCCN(CCCCCCCC(C)(C)NC(=O)O)CCC(C)(C)NC(=O)OC(C)(C)C)CC[C@]4(C)[C@H]3CC[C@]12C. The van der Waals surface area contributed by atoms with Crippen molar-refractivity contribution < 1.29 is 19.4 Å². The second kappa shape index (κ2) is 22.7. The number of nitrogens with one attached hydrogen (secondary N) is 2. The van der Waals surface area contributed by atoms with Crippen molar-refractivity contribution in [1.82, 2.24) is 15.5 Å². The van der Waals surface area contributed by atoms with Gasteiger partial charge in [-0.2, -0.15) is 0 Å². The Bertz CT molecular complexity index is 1380. The first-order chi connectivity index (χ1) is 28.0. The molecule has 0 bridgehead atoms. The molecule has 0 saturated heterocycles. The lowest BCUT2D eigenvalue weighted by Crippen LogP contribution is -2.50. The fraction of sp³-hybridized carbons (Fsp3) is 0.922. The zero-order valence-corrected chi connectivity index (χ0v) is 42.5. The Morgan fingerprint density at radius 1 is 0.817 bits per heavy atom. The van der Waals surface area contributed by atoms with Crippen LogP contribution in [0, 0.1) is 46.3 Å². The fourth-order valence-corrected chi connectivity index (χ4v) is 15.1. The summed E-state index contributed by atoms with van der Waals surface area (Å²) in [6, 6.07) is 0. The van der Waals surface area contributed by atoms with Crippen LogP contribution in [0.25, 0.3) is 0 Å². The summed E-state index contributed by atoms with van der Waals surface area (Å²) < 4.78 is 5.57. The maximum atomic E-state index is 12.6. The van der Waals surface area contributed by atoms with Crippen molar-refractivity contribution in [3.63, 3.8) is 0 Å². The first kappa shape index (κ1) is 51.6. The Kier molecular flexibility index (Phi) is 19.5. The van der Waals surface area contributed by atoms with E-state index in [9.17, 15) is 9.59 Å². The van der Waals surface area contributed by atoms with Crippen LogP contribution in [0.15, 0.2) is 11.6 Å². The van der Waals surface area contributed by atoms with E-state index >= 15 is 0 Å². The Labute approximate surface area is 377 Å². The largest absolute Gasteiger partial charge is 0.465 e. The number of carbonyl (C=O) groups is 2. The van der Waals surface area contributed by atoms with Crippen LogP contribution in [0.5, 0.6) is 0 Å². The van der Waals surface area contributed by atoms with Gasteiger partial charge in [-0.15, -0.1) is 0 Å². The van der Waals surface area contributed by atoms with Crippen LogP contribution in [-0.4, -0.2) is 69.5 Å². The predicted molar refractivity (Wildman–Crippen MR) is 259 cm³/mol. The number of amides is 2. The van der Waals surface area contributed by atoms with Crippen LogP contribution in [0.1, 0.15) is 205 Å². The molecule has 0 unspecified atom stereocenters. The zero-order chi connectivity index (χ0) is 44.4. The summed E-state index contributed by atoms with van der Waals surface area (Å²) in [5, 5.41) is 15.6. The summed E-state index contributed by atoms with van der Waals surface area (Å²) in [6.07, 6.45) is 25.6. The number of hydrogen-bond acceptors (Lipinski definition) is 6. The number of ether oxygens (including phenoxy) is 1. The predicted octanol–water partition coefficient (Wildman–Crippen LogP) is 14.6. The Balaban J connectivity index is 1.22. The molecule has 0 heterocycles. The van der Waals surface area contributed by atoms with E-state index in [2.05, 4.69) is 91.7 Å². The third kappa shape index (κ3) is 15.6. The Hall–Kier alpha value is -1.06. The van der Waals surface area contributed by atoms with Gasteiger partial charge in [0, 0.05) is 28.6 Å². The Morgan fingerprint density at radius 3 is 2.20 bits per heavy atom. The summed E-state index contributed by atoms with van der Waals surface area (Å²) in [7, 11) is 4.29. The van der Waals surface area contributed by atoms with Crippen LogP contribution in [0.2, 0.25) is 0 Å². The molecule has 0 aromatic heterocycles. The first-order valence-corrected chi connectivity index (χ1v) is 27.1. The number of nitrogens with zero attached hydrogens (tertiary/aromatic N) is 1. The molecule has 0 aromatic rings. The van der Waals surface area contributed by atoms with Gasteiger partial charge in [-0.1, -0.05) is 113 Å². The van der Waals surface area contributed by atoms with Crippen LogP contribution < -0.4 is 10.6 Å². The molecule has 0 spiro atoms. The summed E-state index contributed by atoms with van der Waals surface area (Å²) in [4.78, 5) is 26.3. The Morgan fingerprint density at radius 2 is 1.50 bits per heavy atom. The highest BCUT2D eigenvalue weighted by atomic mass is 33.1. The molecule has 0 aromatic carbocycles. The molecule has 4 aliphatic carbocycles. The molecule has 8 atom stereocenters. The maximum absolute atomic E-state index is 12.6. The lowest BCUT2D eigenvalue weighted by atomic mass is 9.47. The normalized spacial score (nSPS) is 28.8. The minimum atomic E-state index is -0.945. The topological polar surface area (TPSA) is 90.9 Å². The monoisotopic (exact) mass is 876 g/mol. The summed E-state index contributed by atoms with van der Waals surface area (Å²) in [5.41, 5.74) is 1.56. The van der Waals surface area contributed by atoms with Crippen molar-refractivity contribution in [2.24, 2.45) is 46.3 Å². The summed E-state index contributed by atoms with van der Waals surface area (Å²) in [5.74, 6) is 6.56. The van der Waals surface area contributed by atoms with Gasteiger partial charge in [0.2, 0.25) is 0 Å². The van der Waals surface area contributed by atoms with Gasteiger partial charge in [0.15, 0.2) is 0 Å². The van der Waals surface area contributed by atoms with E-state index < -0.39 is 11.7 Å². The lowest BCUT2D eigenvalue weighted by molar-refractivity contribution is -0.0497. The first-order valence-electron chi connectivity index (χ1n) is 24.8. The average Bonchev–Trinajstić information content (AvgIpc) is 3.48. The highest BCUT2D eigenvalue weighted by Crippen LogP contribution is 2.67. The molecule has 0 radical (unpaired) electrons. The highest BCUT2D eigenvalue weighted by Gasteiger charge is 2.59. The van der Waals surface area contributed by atoms with Crippen molar-refractivity contribution in [2.75, 3.05) is 25.4 Å². The number of unbranched alkanes of at least 4 members (excludes halogenated alkanes) is 4. The average molecular weight is 876 g/mol. The molecule has 7 nitrogen and oxygen atoms in total. The van der Waals surface area contributed by atoms with Crippen molar-refractivity contribution in [1.29, 1.82) is 0 Å². The van der Waals surface area contributed by atoms with Crippen LogP contribution in [0.4, 0.5) is 9.59 Å². The molecule has 4 rings (SSSR count). The van der Waals surface area contributed by atoms with Crippen LogP contribution >= 0.6 is 21.6 Å². The summed E-state index contributed by atoms with van der Waals surface area (Å²) in [6.45, 7) is 29.8. The molecule has 2 amide bonds. The molecule has 4 aliphatic rings. The third-order valence-corrected chi connectivity index (χ3v) is 18.8. The van der Waals surface area contributed by atoms with Crippen LogP contribution in [-0.2, 0) is 4.74 Å². The van der Waals surface area contributed by atoms with E-state index in [0.29, 0.717) is 10.8 Å². The molecular weight excluding hydrogens is 783 g/mol. The van der Waals surface area contributed by atoms with Gasteiger partial charge in [0.1, 0.15) is 5.60 Å². The van der Waals surface area contributed by atoms with Gasteiger partial charge in [0.05, 0.1) is 0 Å². The van der Waals surface area contributed by atoms with E-state index in [1.165, 1.54) is 95.6 Å². The van der Waals surface area contributed by atoms with Gasteiger partial charge in [0.25, 0.3) is 0 Å². The van der Waals surface area contributed by atoms with Gasteiger partial charge in [-0.05, 0) is 185 Å². The minimum Gasteiger partial charge on any atom is -0.465 e. The minimum absolute atomic E-state index is 0.345. The zero-order valence-electron chi connectivity index (χ0n) is 40.8. The van der Waals surface area contributed by atoms with E-state index in [-0.39, 0.29) is 17.2 Å². The van der Waals surface area contributed by atoms with Crippen molar-refractivity contribution in [3.05, 3.63) is 11.6 Å². The second-order valence-electron chi connectivity index (χ2n) is 23.4. The number of rotatable bonds is 24. The maximum Gasteiger partial charge on any atom is 0.408 e. The number of fused-ring (bicyclic) bond motifs is 5. The van der Waals surface area contributed by atoms with E-state index in [1.807, 2.05) is 40.2 Å². The summed E-state index contributed by atoms with van der Waals surface area (Å²) >= 11 is 0. The van der Waals surface area contributed by atoms with Gasteiger partial charge >= 0.3 is 12.2 Å². The highest BCUT2D eigenvalue weighted by molar-refractivity contribution is 8.76. The quantitative estimate of drug-likeness (QED) is 0.0505. The van der Waals surface area contributed by atoms with Gasteiger partial charge < -0.3 is 25.4 Å². The number of allylic oxidation sites excluding steroid dienone is 2. The molecule has 3 saturated carbocycles. The molecule has 0 aliphatic heterocycles. The molecule has 3 N–H and O–H groups in total. The van der Waals surface area contributed by atoms with E-state index in [0.717, 1.165) is 92.5 Å². The standard InChI is InChI=1S/C51H93N3O4S2/c1-37(2)20-18-21-38(3)42-24-25-43-41-23-22-39-36-40(26-29-50(39,11)44(41)27-30-51(42,43)12)60-59-35-19-33-54(34-31-49(9,10)53-46(57)58-47(4,5)6)32-17-15-13-14-16-28-48(7,8)52-45(55)56/h22,37-38,40-44,52H,13-21,23-36H2,1-12H3,(H,53,57)(H,55,56)/t38-,40+,41+,42-,43+,44+,50+,51-/m1/s1. The van der Waals surface area contributed by atoms with E-state index in [1.54, 1.807) is 0 Å². The molecule has 3 fully saturated rings. The number of carbonyl (C=O) groups excluding carboxylic acids is 1. The second-order valence-corrected chi connectivity index (χ2v) is 26.1. The lowest BCUT2D eigenvalue weighted by Gasteiger charge is -2.58. The number of hydrogen-bond donors (Lipinski definition) is 3. The van der Waals surface area contributed by atoms with Gasteiger partial charge in [-0.3, -0.25) is 0 Å². The van der Waals surface area contributed by atoms with Crippen LogP contribution in [0.3, 0.4) is 0 Å². The number of alkyl carbamates (subject to hydrolysis) is 1. The fourth-order valence-electron chi connectivity index (χ4n) is 12.4. The molecule has 9 heteroatoms. The third-order valence-electron chi connectivity index (χ3n) is 15.8. The molecular formula is C51H93N3O4S2.